The van der Waals surface area contributed by atoms with Crippen LogP contribution in [0.5, 0.6) is 5.75 Å². The van der Waals surface area contributed by atoms with Crippen molar-refractivity contribution in [1.29, 1.82) is 0 Å². The number of aliphatic hydroxyl groups excluding tert-OH is 1. The number of rotatable bonds is 5. The summed E-state index contributed by atoms with van der Waals surface area (Å²) in [5.41, 5.74) is 2.34. The number of primary amides is 1. The van der Waals surface area contributed by atoms with Crippen LogP contribution in [-0.2, 0) is 24.0 Å². The SMILES string of the molecule is CN(C)C1C(=O)C(C(N)=O)C(=O)[C@@]2(O)C(=O)C3C(=O)c4c(O)cccc4[C@H](CC(=O)C4CCCC4)[C@H]3[C@H](O)[C@@H]12. The number of fused-ring (bicyclic) bond motifs is 3. The number of phenolic OH excluding ortho intramolecular Hbond substituents is 1. The molecule has 1 amide bonds. The van der Waals surface area contributed by atoms with Gasteiger partial charge in [-0.15, -0.1) is 0 Å². The lowest BCUT2D eigenvalue weighted by atomic mass is 9.49. The molecule has 208 valence electrons. The lowest BCUT2D eigenvalue weighted by molar-refractivity contribution is -0.197. The van der Waals surface area contributed by atoms with Crippen LogP contribution in [0.4, 0.5) is 0 Å². The van der Waals surface area contributed by atoms with Crippen molar-refractivity contribution in [2.75, 3.05) is 14.1 Å². The maximum atomic E-state index is 14.1. The Kier molecular flexibility index (Phi) is 6.60. The topological polar surface area (TPSA) is 192 Å². The van der Waals surface area contributed by atoms with E-state index in [4.69, 9.17) is 5.73 Å². The fourth-order valence-corrected chi connectivity index (χ4v) is 7.64. The summed E-state index contributed by atoms with van der Waals surface area (Å²) in [6, 6.07) is 2.84. The Labute approximate surface area is 224 Å². The molecule has 1 aromatic rings. The zero-order valence-electron chi connectivity index (χ0n) is 21.7. The second kappa shape index (κ2) is 9.42. The lowest BCUT2D eigenvalue weighted by Gasteiger charge is -2.56. The van der Waals surface area contributed by atoms with E-state index in [9.17, 15) is 44.1 Å². The van der Waals surface area contributed by atoms with E-state index in [-0.39, 0.29) is 29.2 Å². The summed E-state index contributed by atoms with van der Waals surface area (Å²) in [6.07, 6.45) is 1.30. The molecule has 0 saturated heterocycles. The molecular weight excluding hydrogens is 508 g/mol. The highest BCUT2D eigenvalue weighted by Crippen LogP contribution is 2.55. The number of nitrogens with two attached hydrogens (primary N) is 1. The van der Waals surface area contributed by atoms with E-state index in [0.29, 0.717) is 12.8 Å². The van der Waals surface area contributed by atoms with E-state index in [1.807, 2.05) is 0 Å². The largest absolute Gasteiger partial charge is 0.507 e. The second-order valence-electron chi connectivity index (χ2n) is 11.6. The molecule has 0 heterocycles. The number of hydrogen-bond donors (Lipinski definition) is 4. The fourth-order valence-electron chi connectivity index (χ4n) is 7.64. The summed E-state index contributed by atoms with van der Waals surface area (Å²) >= 11 is 0. The number of phenols is 1. The summed E-state index contributed by atoms with van der Waals surface area (Å²) in [7, 11) is 2.86. The van der Waals surface area contributed by atoms with Crippen LogP contribution in [0.1, 0.15) is 53.9 Å². The van der Waals surface area contributed by atoms with Gasteiger partial charge < -0.3 is 21.1 Å². The molecule has 4 aliphatic carbocycles. The van der Waals surface area contributed by atoms with Crippen LogP contribution >= 0.6 is 0 Å². The van der Waals surface area contributed by atoms with Gasteiger partial charge in [-0.2, -0.15) is 0 Å². The predicted molar refractivity (Wildman–Crippen MR) is 133 cm³/mol. The van der Waals surface area contributed by atoms with Gasteiger partial charge in [-0.05, 0) is 44.5 Å². The standard InChI is InChI=1S/C28H32N2O9/c1-30(2)21-20-23(34)17-13(10-15(32)11-6-3-4-7-11)12-8-5-9-14(31)16(12)22(33)18(17)25(36)28(20,39)26(37)19(24(21)35)27(29)38/h5,8-9,11,13,17-21,23,31,34,39H,3-4,6-7,10H2,1-2H3,(H2,29,38)/t13-,17+,18?,19?,20+,21?,23-,28-/m0/s1. The van der Waals surface area contributed by atoms with Crippen molar-refractivity contribution in [2.45, 2.75) is 55.8 Å². The van der Waals surface area contributed by atoms with Gasteiger partial charge in [0.1, 0.15) is 11.5 Å². The third-order valence-corrected chi connectivity index (χ3v) is 9.38. The Bertz CT molecular complexity index is 1300. The van der Waals surface area contributed by atoms with Gasteiger partial charge in [0, 0.05) is 18.3 Å². The Balaban J connectivity index is 1.70. The number of nitrogens with zero attached hydrogens (tertiary/aromatic N) is 1. The average molecular weight is 541 g/mol. The van der Waals surface area contributed by atoms with Gasteiger partial charge in [0.15, 0.2) is 34.7 Å². The van der Waals surface area contributed by atoms with Crippen LogP contribution in [0.15, 0.2) is 18.2 Å². The molecule has 11 heteroatoms. The molecule has 0 aromatic heterocycles. The Morgan fingerprint density at radius 2 is 1.72 bits per heavy atom. The number of ketones is 5. The van der Waals surface area contributed by atoms with Crippen LogP contribution in [0, 0.1) is 29.6 Å². The molecule has 5 N–H and O–H groups in total. The minimum Gasteiger partial charge on any atom is -0.507 e. The van der Waals surface area contributed by atoms with Gasteiger partial charge in [-0.3, -0.25) is 33.7 Å². The van der Waals surface area contributed by atoms with E-state index in [0.717, 1.165) is 12.8 Å². The summed E-state index contributed by atoms with van der Waals surface area (Å²) in [5.74, 6) is -14.5. The van der Waals surface area contributed by atoms with Crippen LogP contribution < -0.4 is 5.73 Å². The third kappa shape index (κ3) is 3.74. The predicted octanol–water partition coefficient (Wildman–Crippen LogP) is -0.472. The first-order chi connectivity index (χ1) is 18.3. The molecule has 39 heavy (non-hydrogen) atoms. The van der Waals surface area contributed by atoms with Crippen molar-refractivity contribution in [2.24, 2.45) is 35.3 Å². The van der Waals surface area contributed by atoms with Crippen LogP contribution in [0.3, 0.4) is 0 Å². The van der Waals surface area contributed by atoms with Crippen LogP contribution in [0.2, 0.25) is 0 Å². The molecule has 3 fully saturated rings. The summed E-state index contributed by atoms with van der Waals surface area (Å²) in [5, 5.41) is 34.2. The lowest BCUT2D eigenvalue weighted by Crippen LogP contribution is -2.77. The molecule has 0 aliphatic heterocycles. The maximum absolute atomic E-state index is 14.1. The molecule has 0 bridgehead atoms. The molecule has 1 aromatic carbocycles. The Morgan fingerprint density at radius 1 is 1.08 bits per heavy atom. The van der Waals surface area contributed by atoms with Crippen LogP contribution in [-0.4, -0.2) is 86.9 Å². The number of amides is 1. The number of Topliss-reactive ketones (excluding diaryl/α,β-unsaturated/α-hetero) is 5. The number of likely N-dealkylation sites (N-methyl/N-ethyl adjacent to an activating group) is 1. The second-order valence-corrected chi connectivity index (χ2v) is 11.6. The quantitative estimate of drug-likeness (QED) is 0.355. The first-order valence-corrected chi connectivity index (χ1v) is 13.2. The van der Waals surface area contributed by atoms with Crippen molar-refractivity contribution in [3.05, 3.63) is 29.3 Å². The minimum absolute atomic E-state index is 0.103. The fraction of sp³-hybridized carbons (Fsp3) is 0.571. The Morgan fingerprint density at radius 3 is 2.31 bits per heavy atom. The number of aliphatic hydroxyl groups is 2. The first kappa shape index (κ1) is 27.3. The van der Waals surface area contributed by atoms with Crippen molar-refractivity contribution in [3.8, 4) is 5.75 Å². The number of carbonyl (C=O) groups excluding carboxylic acids is 6. The van der Waals surface area contributed by atoms with Crippen molar-refractivity contribution < 1.29 is 44.1 Å². The third-order valence-electron chi connectivity index (χ3n) is 9.38. The van der Waals surface area contributed by atoms with Gasteiger partial charge in [0.05, 0.1) is 29.5 Å². The van der Waals surface area contributed by atoms with Gasteiger partial charge in [0.2, 0.25) is 5.91 Å². The molecule has 11 nitrogen and oxygen atoms in total. The minimum atomic E-state index is -3.07. The molecule has 4 aliphatic rings. The number of hydrogen-bond acceptors (Lipinski definition) is 10. The Hall–Kier alpha value is -3.28. The molecule has 8 atom stereocenters. The van der Waals surface area contributed by atoms with E-state index in [2.05, 4.69) is 0 Å². The monoisotopic (exact) mass is 540 g/mol. The van der Waals surface area contributed by atoms with E-state index in [1.54, 1.807) is 6.07 Å². The van der Waals surface area contributed by atoms with Gasteiger partial charge in [0.25, 0.3) is 0 Å². The van der Waals surface area contributed by atoms with Gasteiger partial charge in [-0.1, -0.05) is 25.0 Å². The molecule has 3 unspecified atom stereocenters. The van der Waals surface area contributed by atoms with Crippen molar-refractivity contribution >= 4 is 34.8 Å². The molecule has 3 saturated carbocycles. The van der Waals surface area contributed by atoms with E-state index >= 15 is 0 Å². The number of carbonyl (C=O) groups is 6. The van der Waals surface area contributed by atoms with Crippen LogP contribution in [0.25, 0.3) is 0 Å². The zero-order valence-corrected chi connectivity index (χ0v) is 21.7. The van der Waals surface area contributed by atoms with Crippen molar-refractivity contribution in [1.82, 2.24) is 4.90 Å². The molecular formula is C28H32N2O9. The molecule has 0 spiro atoms. The number of aromatic hydroxyl groups is 1. The highest BCUT2D eigenvalue weighted by molar-refractivity contribution is 6.32. The summed E-state index contributed by atoms with van der Waals surface area (Å²) in [4.78, 5) is 81.4. The zero-order chi connectivity index (χ0) is 28.5. The number of benzene rings is 1. The smallest absolute Gasteiger partial charge is 0.235 e. The summed E-state index contributed by atoms with van der Waals surface area (Å²) < 4.78 is 0. The maximum Gasteiger partial charge on any atom is 0.235 e. The highest BCUT2D eigenvalue weighted by atomic mass is 16.3. The molecule has 5 rings (SSSR count). The average Bonchev–Trinajstić information content (AvgIpc) is 3.40. The molecule has 0 radical (unpaired) electrons. The van der Waals surface area contributed by atoms with E-state index < -0.39 is 82.1 Å². The van der Waals surface area contributed by atoms with E-state index in [1.165, 1.54) is 31.1 Å². The highest BCUT2D eigenvalue weighted by Gasteiger charge is 2.73. The first-order valence-electron chi connectivity index (χ1n) is 13.2. The van der Waals surface area contributed by atoms with Gasteiger partial charge >= 0.3 is 0 Å². The van der Waals surface area contributed by atoms with Gasteiger partial charge in [-0.25, -0.2) is 0 Å². The normalized spacial score (nSPS) is 36.5. The summed E-state index contributed by atoms with van der Waals surface area (Å²) in [6.45, 7) is 0. The van der Waals surface area contributed by atoms with Crippen molar-refractivity contribution in [3.63, 3.8) is 0 Å².